The molecule has 2 aromatic carbocycles. The Hall–Kier alpha value is -4.01. The summed E-state index contributed by atoms with van der Waals surface area (Å²) < 4.78 is 10.6. The molecule has 0 bridgehead atoms. The fourth-order valence-electron chi connectivity index (χ4n) is 3.71. The van der Waals surface area contributed by atoms with Crippen LogP contribution in [-0.2, 0) is 25.4 Å². The molecule has 0 amide bonds. The van der Waals surface area contributed by atoms with Crippen molar-refractivity contribution in [2.75, 3.05) is 0 Å². The topological polar surface area (TPSA) is 91.6 Å². The summed E-state index contributed by atoms with van der Waals surface area (Å²) in [4.78, 5) is 12.3. The second-order valence-electron chi connectivity index (χ2n) is 7.84. The average molecular weight is 446 g/mol. The Morgan fingerprint density at radius 3 is 2.55 bits per heavy atom. The van der Waals surface area contributed by atoms with Crippen LogP contribution in [0.1, 0.15) is 37.1 Å². The van der Waals surface area contributed by atoms with Gasteiger partial charge in [-0.2, -0.15) is 14.5 Å². The number of benzene rings is 2. The van der Waals surface area contributed by atoms with Crippen LogP contribution in [-0.4, -0.2) is 36.0 Å². The molecule has 4 rings (SSSR count). The summed E-state index contributed by atoms with van der Waals surface area (Å²) in [6, 6.07) is 16.0. The van der Waals surface area contributed by atoms with Crippen molar-refractivity contribution in [2.24, 2.45) is 24.3 Å². The zero-order valence-electron chi connectivity index (χ0n) is 19.5. The van der Waals surface area contributed by atoms with Gasteiger partial charge >= 0.3 is 5.69 Å². The number of rotatable bonds is 6. The van der Waals surface area contributed by atoms with Gasteiger partial charge in [0.05, 0.1) is 17.1 Å². The van der Waals surface area contributed by atoms with E-state index in [4.69, 9.17) is 4.74 Å². The molecule has 0 N–H and O–H groups in total. The number of para-hydroxylation sites is 1. The van der Waals surface area contributed by atoms with Gasteiger partial charge in [0.25, 0.3) is 0 Å². The number of hydrogen-bond donors (Lipinski definition) is 0. The molecular weight excluding hydrogens is 418 g/mol. The maximum atomic E-state index is 12.3. The smallest absolute Gasteiger partial charge is 0.368 e. The minimum absolute atomic E-state index is 0.236. The molecule has 0 aliphatic carbocycles. The van der Waals surface area contributed by atoms with E-state index in [0.29, 0.717) is 18.0 Å². The molecule has 0 fully saturated rings. The summed E-state index contributed by atoms with van der Waals surface area (Å²) in [5.74, 6) is 0.508. The summed E-state index contributed by atoms with van der Waals surface area (Å²) >= 11 is 0. The average Bonchev–Trinajstić information content (AvgIpc) is 3.33. The predicted molar refractivity (Wildman–Crippen MR) is 129 cm³/mol. The number of aryl methyl sites for hydroxylation is 3. The molecule has 0 atom stereocenters. The molecule has 0 aliphatic heterocycles. The van der Waals surface area contributed by atoms with Crippen molar-refractivity contribution in [3.63, 3.8) is 0 Å². The van der Waals surface area contributed by atoms with Gasteiger partial charge in [-0.1, -0.05) is 37.3 Å². The van der Waals surface area contributed by atoms with Gasteiger partial charge in [0.2, 0.25) is 5.90 Å². The Labute approximate surface area is 191 Å². The summed E-state index contributed by atoms with van der Waals surface area (Å²) in [6.45, 7) is 6.10. The fraction of sp³-hybridized carbons (Fsp3) is 0.292. The lowest BCUT2D eigenvalue weighted by Gasteiger charge is -2.13. The Morgan fingerprint density at radius 1 is 1.06 bits per heavy atom. The highest BCUT2D eigenvalue weighted by atomic mass is 16.5. The summed E-state index contributed by atoms with van der Waals surface area (Å²) in [5, 5.41) is 17.7. The molecule has 4 aromatic rings. The fourth-order valence-corrected chi connectivity index (χ4v) is 3.71. The standard InChI is InChI=1S/C24H27N7O2/c1-6-23(26-25-17(3)22-14-18-11-7-8-12-20(18)29(22)4)33-15-19-16(2)10-9-13-21(19)31-24(32)30(5)27-28-31/h7-14H,6,15H2,1-5H3. The third-order valence-corrected chi connectivity index (χ3v) is 5.65. The largest absolute Gasteiger partial charge is 0.475 e. The van der Waals surface area contributed by atoms with Gasteiger partial charge in [-0.05, 0) is 48.0 Å². The van der Waals surface area contributed by atoms with Crippen molar-refractivity contribution < 1.29 is 4.74 Å². The van der Waals surface area contributed by atoms with Crippen LogP contribution in [0.15, 0.2) is 63.5 Å². The molecule has 0 aliphatic rings. The van der Waals surface area contributed by atoms with Crippen LogP contribution in [0.5, 0.6) is 0 Å². The normalized spacial score (nSPS) is 12.5. The van der Waals surface area contributed by atoms with E-state index in [1.165, 1.54) is 9.36 Å². The van der Waals surface area contributed by atoms with Crippen LogP contribution >= 0.6 is 0 Å². The number of ether oxygens (including phenoxy) is 1. The van der Waals surface area contributed by atoms with E-state index in [9.17, 15) is 4.79 Å². The Kier molecular flexibility index (Phi) is 6.21. The second kappa shape index (κ2) is 9.23. The van der Waals surface area contributed by atoms with Crippen LogP contribution in [0.4, 0.5) is 0 Å². The van der Waals surface area contributed by atoms with Crippen molar-refractivity contribution in [3.8, 4) is 5.69 Å². The number of hydrogen-bond acceptors (Lipinski definition) is 6. The number of tetrazole rings is 1. The van der Waals surface area contributed by atoms with Gasteiger partial charge in [-0.3, -0.25) is 0 Å². The van der Waals surface area contributed by atoms with E-state index < -0.39 is 0 Å². The monoisotopic (exact) mass is 445 g/mol. The molecule has 33 heavy (non-hydrogen) atoms. The minimum Gasteiger partial charge on any atom is -0.475 e. The number of nitrogens with zero attached hydrogens (tertiary/aromatic N) is 7. The summed E-state index contributed by atoms with van der Waals surface area (Å²) in [5.41, 5.74) is 5.08. The molecule has 9 heteroatoms. The quantitative estimate of drug-likeness (QED) is 0.258. The SMILES string of the molecule is CCC(=NN=C(C)c1cc2ccccc2n1C)OCc1c(C)cccc1-n1nnn(C)c1=O. The molecule has 0 radical (unpaired) electrons. The third-order valence-electron chi connectivity index (χ3n) is 5.65. The first-order chi connectivity index (χ1) is 15.9. The lowest BCUT2D eigenvalue weighted by Crippen LogP contribution is -2.23. The molecule has 0 spiro atoms. The van der Waals surface area contributed by atoms with E-state index in [1.807, 2.05) is 58.2 Å². The van der Waals surface area contributed by atoms with E-state index in [0.717, 1.165) is 33.4 Å². The van der Waals surface area contributed by atoms with Crippen LogP contribution < -0.4 is 5.69 Å². The Balaban J connectivity index is 1.58. The van der Waals surface area contributed by atoms with Crippen molar-refractivity contribution in [2.45, 2.75) is 33.8 Å². The first-order valence-corrected chi connectivity index (χ1v) is 10.8. The Bertz CT molecular complexity index is 1420. The number of fused-ring (bicyclic) bond motifs is 1. The highest BCUT2D eigenvalue weighted by Crippen LogP contribution is 2.20. The van der Waals surface area contributed by atoms with Crippen molar-refractivity contribution in [1.82, 2.24) is 24.4 Å². The van der Waals surface area contributed by atoms with Crippen LogP contribution in [0.3, 0.4) is 0 Å². The highest BCUT2D eigenvalue weighted by molar-refractivity contribution is 6.02. The van der Waals surface area contributed by atoms with Gasteiger partial charge in [0, 0.05) is 37.0 Å². The van der Waals surface area contributed by atoms with E-state index >= 15 is 0 Å². The molecular formula is C24H27N7O2. The number of aromatic nitrogens is 5. The molecule has 2 aromatic heterocycles. The van der Waals surface area contributed by atoms with Crippen LogP contribution in [0, 0.1) is 6.92 Å². The van der Waals surface area contributed by atoms with Crippen LogP contribution in [0.2, 0.25) is 0 Å². The summed E-state index contributed by atoms with van der Waals surface area (Å²) in [7, 11) is 3.58. The van der Waals surface area contributed by atoms with Crippen LogP contribution in [0.25, 0.3) is 16.6 Å². The van der Waals surface area contributed by atoms with Gasteiger partial charge in [-0.25, -0.2) is 4.79 Å². The maximum Gasteiger partial charge on any atom is 0.368 e. The van der Waals surface area contributed by atoms with Gasteiger partial charge in [0.1, 0.15) is 6.61 Å². The maximum absolute atomic E-state index is 12.3. The highest BCUT2D eigenvalue weighted by Gasteiger charge is 2.14. The predicted octanol–water partition coefficient (Wildman–Crippen LogP) is 3.52. The minimum atomic E-state index is -0.318. The third kappa shape index (κ3) is 4.34. The molecule has 0 unspecified atom stereocenters. The molecule has 0 saturated heterocycles. The van der Waals surface area contributed by atoms with E-state index in [2.05, 4.69) is 43.4 Å². The molecule has 170 valence electrons. The lowest BCUT2D eigenvalue weighted by molar-refractivity contribution is 0.282. The van der Waals surface area contributed by atoms with Gasteiger partial charge in [0.15, 0.2) is 0 Å². The van der Waals surface area contributed by atoms with E-state index in [-0.39, 0.29) is 12.3 Å². The molecule has 9 nitrogen and oxygen atoms in total. The van der Waals surface area contributed by atoms with Crippen molar-refractivity contribution >= 4 is 22.5 Å². The zero-order chi connectivity index (χ0) is 23.5. The first-order valence-electron chi connectivity index (χ1n) is 10.8. The van der Waals surface area contributed by atoms with Crippen molar-refractivity contribution in [3.05, 3.63) is 75.8 Å². The Morgan fingerprint density at radius 2 is 1.85 bits per heavy atom. The van der Waals surface area contributed by atoms with Gasteiger partial charge < -0.3 is 9.30 Å². The van der Waals surface area contributed by atoms with Crippen molar-refractivity contribution in [1.29, 1.82) is 0 Å². The van der Waals surface area contributed by atoms with Gasteiger partial charge in [-0.15, -0.1) is 5.10 Å². The second-order valence-corrected chi connectivity index (χ2v) is 7.84. The zero-order valence-corrected chi connectivity index (χ0v) is 19.5. The molecule has 2 heterocycles. The lowest BCUT2D eigenvalue weighted by atomic mass is 10.1. The summed E-state index contributed by atoms with van der Waals surface area (Å²) in [6.07, 6.45) is 0.582. The molecule has 0 saturated carbocycles. The first kappa shape index (κ1) is 22.2. The van der Waals surface area contributed by atoms with E-state index in [1.54, 1.807) is 7.05 Å².